The first-order chi connectivity index (χ1) is 8.48. The van der Waals surface area contributed by atoms with Gasteiger partial charge in [0, 0.05) is 26.2 Å². The Balaban J connectivity index is 2.02. The van der Waals surface area contributed by atoms with Crippen LogP contribution in [0.4, 0.5) is 4.39 Å². The number of nitrogens with zero attached hydrogens (tertiary/aromatic N) is 1. The van der Waals surface area contributed by atoms with Gasteiger partial charge >= 0.3 is 0 Å². The van der Waals surface area contributed by atoms with Crippen molar-refractivity contribution in [2.45, 2.75) is 32.1 Å². The summed E-state index contributed by atoms with van der Waals surface area (Å²) in [7, 11) is 0. The molecule has 2 N–H and O–H groups in total. The van der Waals surface area contributed by atoms with Crippen LogP contribution in [0.25, 0.3) is 0 Å². The maximum absolute atomic E-state index is 12.9. The van der Waals surface area contributed by atoms with Crippen LogP contribution in [-0.4, -0.2) is 36.2 Å². The summed E-state index contributed by atoms with van der Waals surface area (Å²) >= 11 is 0. The van der Waals surface area contributed by atoms with Crippen LogP contribution in [0.3, 0.4) is 0 Å². The molecule has 1 saturated heterocycles. The molecule has 1 fully saturated rings. The van der Waals surface area contributed by atoms with Crippen molar-refractivity contribution >= 4 is 0 Å². The zero-order valence-electron chi connectivity index (χ0n) is 11.0. The minimum absolute atomic E-state index is 0.0780. The second-order valence-electron chi connectivity index (χ2n) is 5.53. The SMILES string of the molecule is CC1(C)CN(Cc2ccc(F)cc2)CC(CN)O1. The lowest BCUT2D eigenvalue weighted by molar-refractivity contribution is -0.133. The smallest absolute Gasteiger partial charge is 0.123 e. The van der Waals surface area contributed by atoms with Crippen LogP contribution in [0.15, 0.2) is 24.3 Å². The van der Waals surface area contributed by atoms with E-state index in [9.17, 15) is 4.39 Å². The van der Waals surface area contributed by atoms with E-state index in [4.69, 9.17) is 10.5 Å². The average molecular weight is 252 g/mol. The molecule has 4 heteroatoms. The van der Waals surface area contributed by atoms with Crippen molar-refractivity contribution in [1.29, 1.82) is 0 Å². The Morgan fingerprint density at radius 2 is 2.06 bits per heavy atom. The highest BCUT2D eigenvalue weighted by Crippen LogP contribution is 2.22. The molecule has 1 aliphatic rings. The summed E-state index contributed by atoms with van der Waals surface area (Å²) < 4.78 is 18.7. The van der Waals surface area contributed by atoms with E-state index < -0.39 is 0 Å². The van der Waals surface area contributed by atoms with Crippen molar-refractivity contribution in [2.75, 3.05) is 19.6 Å². The molecule has 0 amide bonds. The van der Waals surface area contributed by atoms with Crippen molar-refractivity contribution < 1.29 is 9.13 Å². The third kappa shape index (κ3) is 3.51. The van der Waals surface area contributed by atoms with E-state index in [1.54, 1.807) is 0 Å². The maximum Gasteiger partial charge on any atom is 0.123 e. The zero-order chi connectivity index (χ0) is 13.2. The molecule has 1 aliphatic heterocycles. The Kier molecular flexibility index (Phi) is 4.00. The topological polar surface area (TPSA) is 38.5 Å². The number of morpholine rings is 1. The van der Waals surface area contributed by atoms with Gasteiger partial charge in [-0.05, 0) is 31.5 Å². The van der Waals surface area contributed by atoms with Gasteiger partial charge in [-0.25, -0.2) is 4.39 Å². The molecule has 1 atom stereocenters. The molecule has 1 unspecified atom stereocenters. The van der Waals surface area contributed by atoms with E-state index in [2.05, 4.69) is 18.7 Å². The van der Waals surface area contributed by atoms with Crippen LogP contribution in [0.1, 0.15) is 19.4 Å². The number of ether oxygens (including phenoxy) is 1. The van der Waals surface area contributed by atoms with Gasteiger partial charge in [-0.1, -0.05) is 12.1 Å². The molecule has 2 rings (SSSR count). The normalized spacial score (nSPS) is 24.1. The maximum atomic E-state index is 12.9. The van der Waals surface area contributed by atoms with E-state index in [0.717, 1.165) is 25.2 Å². The minimum Gasteiger partial charge on any atom is -0.368 e. The van der Waals surface area contributed by atoms with Crippen LogP contribution >= 0.6 is 0 Å². The van der Waals surface area contributed by atoms with E-state index >= 15 is 0 Å². The first-order valence-corrected chi connectivity index (χ1v) is 6.33. The molecule has 3 nitrogen and oxygen atoms in total. The number of nitrogens with two attached hydrogens (primary N) is 1. The second kappa shape index (κ2) is 5.34. The Morgan fingerprint density at radius 3 is 2.67 bits per heavy atom. The molecule has 1 heterocycles. The summed E-state index contributed by atoms with van der Waals surface area (Å²) in [6.45, 7) is 7.18. The van der Waals surface area contributed by atoms with E-state index in [1.807, 2.05) is 12.1 Å². The quantitative estimate of drug-likeness (QED) is 0.891. The van der Waals surface area contributed by atoms with Gasteiger partial charge in [0.1, 0.15) is 5.82 Å². The first kappa shape index (κ1) is 13.5. The van der Waals surface area contributed by atoms with Crippen LogP contribution in [0, 0.1) is 5.82 Å². The summed E-state index contributed by atoms with van der Waals surface area (Å²) in [4.78, 5) is 2.31. The summed E-state index contributed by atoms with van der Waals surface area (Å²) in [6, 6.07) is 6.66. The van der Waals surface area contributed by atoms with Crippen molar-refractivity contribution in [2.24, 2.45) is 5.73 Å². The van der Waals surface area contributed by atoms with Crippen molar-refractivity contribution in [3.8, 4) is 0 Å². The van der Waals surface area contributed by atoms with Gasteiger partial charge in [-0.3, -0.25) is 4.90 Å². The minimum atomic E-state index is -0.194. The Labute approximate surface area is 108 Å². The van der Waals surface area contributed by atoms with E-state index in [1.165, 1.54) is 12.1 Å². The van der Waals surface area contributed by atoms with Gasteiger partial charge < -0.3 is 10.5 Å². The zero-order valence-corrected chi connectivity index (χ0v) is 11.0. The summed E-state index contributed by atoms with van der Waals surface area (Å²) in [5, 5.41) is 0. The first-order valence-electron chi connectivity index (χ1n) is 6.33. The van der Waals surface area contributed by atoms with Crippen LogP contribution in [0.2, 0.25) is 0 Å². The summed E-state index contributed by atoms with van der Waals surface area (Å²) in [5.41, 5.74) is 6.64. The monoisotopic (exact) mass is 252 g/mol. The molecule has 100 valence electrons. The third-order valence-electron chi connectivity index (χ3n) is 3.13. The molecule has 0 spiro atoms. The van der Waals surface area contributed by atoms with Crippen LogP contribution in [-0.2, 0) is 11.3 Å². The molecule has 18 heavy (non-hydrogen) atoms. The van der Waals surface area contributed by atoms with Crippen molar-refractivity contribution in [3.05, 3.63) is 35.6 Å². The van der Waals surface area contributed by atoms with Gasteiger partial charge in [-0.2, -0.15) is 0 Å². The van der Waals surface area contributed by atoms with Gasteiger partial charge in [0.15, 0.2) is 0 Å². The predicted octanol–water partition coefficient (Wildman–Crippen LogP) is 1.76. The van der Waals surface area contributed by atoms with E-state index in [-0.39, 0.29) is 17.5 Å². The molecule has 0 aliphatic carbocycles. The lowest BCUT2D eigenvalue weighted by atomic mass is 10.0. The predicted molar refractivity (Wildman–Crippen MR) is 69.7 cm³/mol. The molecule has 0 radical (unpaired) electrons. The molecule has 1 aromatic carbocycles. The lowest BCUT2D eigenvalue weighted by Gasteiger charge is -2.42. The standard InChI is InChI=1S/C14H21FN2O/c1-14(2)10-17(9-13(7-16)18-14)8-11-3-5-12(15)6-4-11/h3-6,13H,7-10,16H2,1-2H3. The fourth-order valence-electron chi connectivity index (χ4n) is 2.51. The lowest BCUT2D eigenvalue weighted by Crippen LogP contribution is -2.54. The highest BCUT2D eigenvalue weighted by molar-refractivity contribution is 5.16. The average Bonchev–Trinajstić information content (AvgIpc) is 2.30. The molecule has 0 aromatic heterocycles. The fraction of sp³-hybridized carbons (Fsp3) is 0.571. The molecule has 1 aromatic rings. The number of rotatable bonds is 3. The second-order valence-corrected chi connectivity index (χ2v) is 5.53. The number of hydrogen-bond donors (Lipinski definition) is 1. The number of halogens is 1. The van der Waals surface area contributed by atoms with E-state index in [0.29, 0.717) is 6.54 Å². The molecule has 0 bridgehead atoms. The van der Waals surface area contributed by atoms with Crippen molar-refractivity contribution in [1.82, 2.24) is 4.90 Å². The number of hydrogen-bond acceptors (Lipinski definition) is 3. The highest BCUT2D eigenvalue weighted by atomic mass is 19.1. The summed E-state index contributed by atoms with van der Waals surface area (Å²) in [5.74, 6) is -0.194. The van der Waals surface area contributed by atoms with Crippen molar-refractivity contribution in [3.63, 3.8) is 0 Å². The molecular formula is C14H21FN2O. The Bertz CT molecular complexity index is 391. The van der Waals surface area contributed by atoms with Crippen LogP contribution in [0.5, 0.6) is 0 Å². The molecular weight excluding hydrogens is 231 g/mol. The summed E-state index contributed by atoms with van der Waals surface area (Å²) in [6.07, 6.45) is 0.0780. The largest absolute Gasteiger partial charge is 0.368 e. The number of benzene rings is 1. The molecule has 0 saturated carbocycles. The van der Waals surface area contributed by atoms with Gasteiger partial charge in [-0.15, -0.1) is 0 Å². The highest BCUT2D eigenvalue weighted by Gasteiger charge is 2.32. The van der Waals surface area contributed by atoms with Gasteiger partial charge in [0.05, 0.1) is 11.7 Å². The fourth-order valence-corrected chi connectivity index (χ4v) is 2.51. The van der Waals surface area contributed by atoms with Gasteiger partial charge in [0.2, 0.25) is 0 Å². The van der Waals surface area contributed by atoms with Crippen LogP contribution < -0.4 is 5.73 Å². The Morgan fingerprint density at radius 1 is 1.39 bits per heavy atom. The van der Waals surface area contributed by atoms with Gasteiger partial charge in [0.25, 0.3) is 0 Å². The third-order valence-corrected chi connectivity index (χ3v) is 3.13. The Hall–Kier alpha value is -0.970.